The molecule has 78 heavy (non-hydrogen) atoms. The van der Waals surface area contributed by atoms with E-state index in [-0.39, 0.29) is 10.5 Å². The summed E-state index contributed by atoms with van der Waals surface area (Å²) in [5.41, 5.74) is 3.56. The molecule has 0 atom stereocenters. The van der Waals surface area contributed by atoms with Crippen molar-refractivity contribution in [3.05, 3.63) is 77.9 Å². The monoisotopic (exact) mass is 1130 g/mol. The van der Waals surface area contributed by atoms with Crippen LogP contribution in [-0.4, -0.2) is 75.5 Å². The predicted octanol–water partition coefficient (Wildman–Crippen LogP) is 18.5. The highest BCUT2D eigenvalue weighted by Gasteiger charge is 2.20. The molecular weight excluding hydrogens is 1010 g/mol. The molecule has 0 aliphatic carbocycles. The van der Waals surface area contributed by atoms with E-state index in [1.54, 1.807) is 45.9 Å². The Bertz CT molecular complexity index is 2030. The van der Waals surface area contributed by atoms with Gasteiger partial charge in [-0.1, -0.05) is 159 Å². The highest BCUT2D eigenvalue weighted by Crippen LogP contribution is 2.20. The molecule has 3 rings (SSSR count). The second-order valence-electron chi connectivity index (χ2n) is 25.2. The minimum Gasteiger partial charge on any atom is -0.381 e. The van der Waals surface area contributed by atoms with E-state index in [2.05, 4.69) is 127 Å². The van der Waals surface area contributed by atoms with Gasteiger partial charge in [-0.25, -0.2) is 21.8 Å². The summed E-state index contributed by atoms with van der Waals surface area (Å²) >= 11 is 0. The summed E-state index contributed by atoms with van der Waals surface area (Å²) in [6.07, 6.45) is 25.7. The number of unbranched alkanes of at least 4 members (excludes halogenated alkanes) is 5. The molecule has 0 amide bonds. The summed E-state index contributed by atoms with van der Waals surface area (Å²) < 4.78 is 66.5. The highest BCUT2D eigenvalue weighted by molar-refractivity contribution is 7.92. The van der Waals surface area contributed by atoms with Crippen LogP contribution in [0.4, 0.5) is 0 Å². The minimum atomic E-state index is -3.14. The number of aromatic nitrogens is 2. The largest absolute Gasteiger partial charge is 0.381 e. The van der Waals surface area contributed by atoms with E-state index >= 15 is 0 Å². The molecule has 11 heteroatoms. The van der Waals surface area contributed by atoms with E-state index in [1.807, 2.05) is 36.7 Å². The zero-order valence-electron chi connectivity index (χ0n) is 54.2. The number of nitrogens with zero attached hydrogens (tertiary/aromatic N) is 2. The fraction of sp³-hybridized carbons (Fsp3) is 0.776. The van der Waals surface area contributed by atoms with Crippen LogP contribution in [0.5, 0.6) is 0 Å². The van der Waals surface area contributed by atoms with E-state index < -0.39 is 19.7 Å². The van der Waals surface area contributed by atoms with E-state index in [4.69, 9.17) is 14.2 Å². The average Bonchev–Trinajstić information content (AvgIpc) is 3.79. The summed E-state index contributed by atoms with van der Waals surface area (Å²) in [4.78, 5) is 5.32. The topological polar surface area (TPSA) is 114 Å². The quantitative estimate of drug-likeness (QED) is 0.0535. The van der Waals surface area contributed by atoms with Crippen LogP contribution in [0.2, 0.25) is 0 Å². The molecule has 1 heterocycles. The molecule has 0 radical (unpaired) electrons. The van der Waals surface area contributed by atoms with Crippen molar-refractivity contribution in [3.8, 4) is 0 Å². The summed E-state index contributed by atoms with van der Waals surface area (Å²) in [5, 5.41) is -0.716. The van der Waals surface area contributed by atoms with Crippen molar-refractivity contribution in [1.29, 1.82) is 0 Å². The molecule has 0 saturated heterocycles. The molecule has 3 aromatic rings. The molecule has 0 aliphatic heterocycles. The molecule has 2 aromatic carbocycles. The normalized spacial score (nSPS) is 11.9. The van der Waals surface area contributed by atoms with Crippen molar-refractivity contribution in [1.82, 2.24) is 9.55 Å². The first-order valence-corrected chi connectivity index (χ1v) is 34.1. The Morgan fingerprint density at radius 2 is 0.897 bits per heavy atom. The molecule has 1 aromatic heterocycles. The molecule has 0 N–H and O–H groups in total. The summed E-state index contributed by atoms with van der Waals surface area (Å²) in [5.74, 6) is 4.53. The Morgan fingerprint density at radius 3 is 1.40 bits per heavy atom. The fourth-order valence-electron chi connectivity index (χ4n) is 7.99. The van der Waals surface area contributed by atoms with Gasteiger partial charge in [0, 0.05) is 39.2 Å². The summed E-state index contributed by atoms with van der Waals surface area (Å²) in [7, 11) is -6.27. The number of aryl methyl sites for hydroxylation is 2. The van der Waals surface area contributed by atoms with Gasteiger partial charge >= 0.3 is 0 Å². The lowest BCUT2D eigenvalue weighted by molar-refractivity contribution is 0.0503. The maximum Gasteiger partial charge on any atom is 0.180 e. The number of hydrogen-bond acceptors (Lipinski definition) is 8. The third-order valence-corrected chi connectivity index (χ3v) is 17.0. The average molecular weight is 1130 g/mol. The number of sulfone groups is 2. The Morgan fingerprint density at radius 1 is 0.436 bits per heavy atom. The molecule has 456 valence electrons. The first kappa shape index (κ1) is 77.5. The van der Waals surface area contributed by atoms with E-state index in [0.29, 0.717) is 33.8 Å². The van der Waals surface area contributed by atoms with Crippen molar-refractivity contribution < 1.29 is 31.0 Å². The zero-order valence-corrected chi connectivity index (χ0v) is 55.8. The first-order chi connectivity index (χ1) is 36.5. The van der Waals surface area contributed by atoms with E-state index in [9.17, 15) is 16.8 Å². The van der Waals surface area contributed by atoms with Gasteiger partial charge in [0.2, 0.25) is 0 Å². The smallest absolute Gasteiger partial charge is 0.180 e. The molecular formula is C67H124N2O7S2. The van der Waals surface area contributed by atoms with E-state index in [1.165, 1.54) is 88.3 Å². The zero-order chi connectivity index (χ0) is 59.7. The Kier molecular flexibility index (Phi) is 45.7. The van der Waals surface area contributed by atoms with Crippen molar-refractivity contribution in [2.24, 2.45) is 35.5 Å². The maximum atomic E-state index is 12.1. The van der Waals surface area contributed by atoms with Crippen LogP contribution in [-0.2, 0) is 59.7 Å². The van der Waals surface area contributed by atoms with Crippen LogP contribution >= 0.6 is 0 Å². The Labute approximate surface area is 484 Å². The third kappa shape index (κ3) is 44.1. The van der Waals surface area contributed by atoms with Gasteiger partial charge < -0.3 is 18.8 Å². The van der Waals surface area contributed by atoms with Crippen LogP contribution < -0.4 is 0 Å². The van der Waals surface area contributed by atoms with Crippen LogP contribution in [0.25, 0.3) is 0 Å². The van der Waals surface area contributed by atoms with Crippen LogP contribution in [0, 0.1) is 35.5 Å². The van der Waals surface area contributed by atoms with Crippen molar-refractivity contribution in [2.45, 2.75) is 287 Å². The Hall–Kier alpha value is -2.57. The second kappa shape index (κ2) is 46.0. The number of hydrogen-bond donors (Lipinski definition) is 0. The van der Waals surface area contributed by atoms with Gasteiger partial charge in [-0.2, -0.15) is 0 Å². The molecule has 0 fully saturated rings. The number of rotatable bonds is 35. The third-order valence-electron chi connectivity index (χ3n) is 12.7. The van der Waals surface area contributed by atoms with Crippen LogP contribution in [0.15, 0.2) is 70.8 Å². The maximum absolute atomic E-state index is 12.1. The summed E-state index contributed by atoms with van der Waals surface area (Å²) in [6.45, 7) is 46.7. The standard InChI is InChI=1S/C16H26O2S.C14H26N2.C13H20O2S.C12H26O2.C12H26O/c1-13(2)8-5-6-9-15-10-7-11-16(12-15)19(17,18)14(3)4;1-12(2)7-5-6-8-16-10-14(15-11-16)9-13(3)4;1-10(2)9-12-5-7-13(8-6-12)16(14,15)11(3)4;1-11(2)7-5-8-13-9-6-10-14-12(3)4;1-11(2)9-7-5-6-8-10-13-12(3)4/h7,10-14H,5-6,8-9H2,1-4H3;10-13H,5-9H2,1-4H3;5-8,10-11H,9H2,1-4H3;11-12H,5-10H2,1-4H3;11-12H,5-10H2,1-4H3. The second-order valence-corrected chi connectivity index (χ2v) is 30.3. The Balaban J connectivity index is 0. The predicted molar refractivity (Wildman–Crippen MR) is 338 cm³/mol. The number of imidazole rings is 1. The lowest BCUT2D eigenvalue weighted by Crippen LogP contribution is -2.14. The number of ether oxygens (including phenoxy) is 3. The summed E-state index contributed by atoms with van der Waals surface area (Å²) in [6, 6.07) is 14.7. The molecule has 9 nitrogen and oxygen atoms in total. The molecule has 0 bridgehead atoms. The SMILES string of the molecule is CC(C)CCCCCCOC(C)C.CC(C)CCCCc1cccc(S(=O)(=O)C(C)C)c1.CC(C)CCCCn1cnc(CC(C)C)c1.CC(C)CCCOCCCOC(C)C.CC(C)Cc1ccc(S(=O)(=O)C(C)C)cc1. The number of benzene rings is 2. The first-order valence-electron chi connectivity index (χ1n) is 31.0. The van der Waals surface area contributed by atoms with Crippen molar-refractivity contribution >= 4 is 19.7 Å². The molecule has 0 aliphatic rings. The lowest BCUT2D eigenvalue weighted by atomic mass is 10.0. The molecule has 0 unspecified atom stereocenters. The minimum absolute atomic E-state index is 0.343. The van der Waals surface area contributed by atoms with Gasteiger partial charge in [0.05, 0.1) is 44.5 Å². The molecule has 0 spiro atoms. The van der Waals surface area contributed by atoms with Gasteiger partial charge in [-0.3, -0.25) is 0 Å². The molecule has 0 saturated carbocycles. The van der Waals surface area contributed by atoms with Crippen molar-refractivity contribution in [2.75, 3.05) is 26.4 Å². The van der Waals surface area contributed by atoms with Gasteiger partial charge in [0.25, 0.3) is 0 Å². The van der Waals surface area contributed by atoms with Gasteiger partial charge in [-0.15, -0.1) is 0 Å². The van der Waals surface area contributed by atoms with Crippen LogP contribution in [0.3, 0.4) is 0 Å². The van der Waals surface area contributed by atoms with Crippen molar-refractivity contribution in [3.63, 3.8) is 0 Å². The van der Waals surface area contributed by atoms with Gasteiger partial charge in [0.15, 0.2) is 19.7 Å². The lowest BCUT2D eigenvalue weighted by Gasteiger charge is -2.10. The van der Waals surface area contributed by atoms with Gasteiger partial charge in [-0.05, 0) is 184 Å². The van der Waals surface area contributed by atoms with Crippen LogP contribution in [0.1, 0.15) is 245 Å². The fourth-order valence-corrected chi connectivity index (χ4v) is 10.2. The van der Waals surface area contributed by atoms with E-state index in [0.717, 1.165) is 94.3 Å². The van der Waals surface area contributed by atoms with Gasteiger partial charge in [0.1, 0.15) is 0 Å². The highest BCUT2D eigenvalue weighted by atomic mass is 32.2.